The molecule has 1 amide bonds. The van der Waals surface area contributed by atoms with E-state index in [1.165, 1.54) is 0 Å². The van der Waals surface area contributed by atoms with E-state index in [4.69, 9.17) is 13.9 Å². The van der Waals surface area contributed by atoms with Gasteiger partial charge in [-0.3, -0.25) is 10.1 Å². The van der Waals surface area contributed by atoms with Crippen LogP contribution in [0.2, 0.25) is 0 Å². The lowest BCUT2D eigenvalue weighted by molar-refractivity contribution is 0.102. The molecule has 3 aromatic rings. The summed E-state index contributed by atoms with van der Waals surface area (Å²) in [6.07, 6.45) is 0. The molecule has 0 aliphatic rings. The molecular formula is C21H23N3O4. The van der Waals surface area contributed by atoms with E-state index in [1.807, 2.05) is 45.9 Å². The first-order valence-electron chi connectivity index (χ1n) is 9.14. The van der Waals surface area contributed by atoms with Crippen LogP contribution in [0.3, 0.4) is 0 Å². The lowest BCUT2D eigenvalue weighted by atomic mass is 10.1. The number of anilines is 1. The van der Waals surface area contributed by atoms with Crippen molar-refractivity contribution in [2.24, 2.45) is 0 Å². The highest BCUT2D eigenvalue weighted by Gasteiger charge is 2.16. The van der Waals surface area contributed by atoms with Crippen LogP contribution < -0.4 is 14.8 Å². The number of carbonyl (C=O) groups is 1. The zero-order valence-corrected chi connectivity index (χ0v) is 16.4. The summed E-state index contributed by atoms with van der Waals surface area (Å²) in [6, 6.07) is 11.1. The molecule has 0 unspecified atom stereocenters. The van der Waals surface area contributed by atoms with Crippen LogP contribution in [0.4, 0.5) is 6.01 Å². The van der Waals surface area contributed by atoms with Gasteiger partial charge < -0.3 is 13.9 Å². The number of amides is 1. The third-order valence-electron chi connectivity index (χ3n) is 4.07. The van der Waals surface area contributed by atoms with Crippen molar-refractivity contribution >= 4 is 11.9 Å². The van der Waals surface area contributed by atoms with Gasteiger partial charge in [0.05, 0.1) is 13.2 Å². The maximum absolute atomic E-state index is 12.5. The summed E-state index contributed by atoms with van der Waals surface area (Å²) in [5, 5.41) is 10.6. The molecular weight excluding hydrogens is 358 g/mol. The van der Waals surface area contributed by atoms with E-state index in [1.54, 1.807) is 18.2 Å². The number of nitrogens with one attached hydrogen (secondary N) is 1. The molecule has 3 rings (SSSR count). The van der Waals surface area contributed by atoms with Gasteiger partial charge in [-0.2, -0.15) is 0 Å². The second-order valence-corrected chi connectivity index (χ2v) is 6.21. The summed E-state index contributed by atoms with van der Waals surface area (Å²) < 4.78 is 16.8. The van der Waals surface area contributed by atoms with E-state index in [-0.39, 0.29) is 17.8 Å². The Kier molecular flexibility index (Phi) is 5.93. The number of hydrogen-bond acceptors (Lipinski definition) is 6. The summed E-state index contributed by atoms with van der Waals surface area (Å²) in [7, 11) is 0. The average molecular weight is 381 g/mol. The fourth-order valence-corrected chi connectivity index (χ4v) is 2.72. The molecule has 0 saturated carbocycles. The maximum atomic E-state index is 12.5. The van der Waals surface area contributed by atoms with Crippen molar-refractivity contribution in [1.29, 1.82) is 0 Å². The molecule has 0 saturated heterocycles. The third-order valence-corrected chi connectivity index (χ3v) is 4.07. The molecule has 146 valence electrons. The molecule has 0 atom stereocenters. The van der Waals surface area contributed by atoms with E-state index in [2.05, 4.69) is 15.5 Å². The van der Waals surface area contributed by atoms with Gasteiger partial charge in [-0.1, -0.05) is 22.8 Å². The van der Waals surface area contributed by atoms with Crippen molar-refractivity contribution in [3.8, 4) is 23.0 Å². The van der Waals surface area contributed by atoms with E-state index in [0.717, 1.165) is 11.1 Å². The summed E-state index contributed by atoms with van der Waals surface area (Å²) in [5.41, 5.74) is 3.11. The second-order valence-electron chi connectivity index (χ2n) is 6.21. The Morgan fingerprint density at radius 1 is 1.00 bits per heavy atom. The van der Waals surface area contributed by atoms with Gasteiger partial charge in [0, 0.05) is 11.1 Å². The Labute approximate surface area is 163 Å². The van der Waals surface area contributed by atoms with Gasteiger partial charge in [-0.15, -0.1) is 5.10 Å². The third kappa shape index (κ3) is 4.31. The number of rotatable bonds is 7. The number of aromatic nitrogens is 2. The lowest BCUT2D eigenvalue weighted by Crippen LogP contribution is -2.13. The summed E-state index contributed by atoms with van der Waals surface area (Å²) in [4.78, 5) is 12.5. The van der Waals surface area contributed by atoms with Crippen molar-refractivity contribution in [2.75, 3.05) is 18.5 Å². The highest BCUT2D eigenvalue weighted by Crippen LogP contribution is 2.32. The normalized spacial score (nSPS) is 10.6. The predicted octanol–water partition coefficient (Wildman–Crippen LogP) is 4.40. The number of aryl methyl sites for hydroxylation is 2. The first-order valence-corrected chi connectivity index (χ1v) is 9.14. The molecule has 0 radical (unpaired) electrons. The second kappa shape index (κ2) is 8.56. The molecule has 0 aliphatic carbocycles. The fraction of sp³-hybridized carbons (Fsp3) is 0.286. The summed E-state index contributed by atoms with van der Waals surface area (Å²) in [5.74, 6) is 1.23. The molecule has 0 fully saturated rings. The van der Waals surface area contributed by atoms with Gasteiger partial charge in [0.2, 0.25) is 5.89 Å². The van der Waals surface area contributed by atoms with Crippen LogP contribution >= 0.6 is 0 Å². The quantitative estimate of drug-likeness (QED) is 0.653. The van der Waals surface area contributed by atoms with E-state index in [9.17, 15) is 4.79 Å². The largest absolute Gasteiger partial charge is 0.490 e. The van der Waals surface area contributed by atoms with Crippen molar-refractivity contribution in [3.63, 3.8) is 0 Å². The predicted molar refractivity (Wildman–Crippen MR) is 106 cm³/mol. The van der Waals surface area contributed by atoms with Crippen LogP contribution in [-0.4, -0.2) is 29.3 Å². The SMILES string of the molecule is CCOc1ccc(-c2nnc(NC(=O)c3cc(C)ccc3C)o2)cc1OCC. The van der Waals surface area contributed by atoms with Gasteiger partial charge in [-0.05, 0) is 57.5 Å². The zero-order valence-electron chi connectivity index (χ0n) is 16.4. The van der Waals surface area contributed by atoms with Crippen molar-refractivity contribution in [2.45, 2.75) is 27.7 Å². The Bertz CT molecular complexity index is 982. The van der Waals surface area contributed by atoms with Crippen LogP contribution in [0.1, 0.15) is 35.3 Å². The van der Waals surface area contributed by atoms with Crippen LogP contribution in [0.5, 0.6) is 11.5 Å². The van der Waals surface area contributed by atoms with Gasteiger partial charge in [-0.25, -0.2) is 0 Å². The minimum Gasteiger partial charge on any atom is -0.490 e. The average Bonchev–Trinajstić information content (AvgIpc) is 3.14. The zero-order chi connectivity index (χ0) is 20.1. The Hall–Kier alpha value is -3.35. The minimum absolute atomic E-state index is 0.0350. The van der Waals surface area contributed by atoms with E-state index < -0.39 is 0 Å². The van der Waals surface area contributed by atoms with Crippen LogP contribution in [-0.2, 0) is 0 Å². The number of ether oxygens (including phenoxy) is 2. The minimum atomic E-state index is -0.293. The number of hydrogen-bond donors (Lipinski definition) is 1. The van der Waals surface area contributed by atoms with Crippen LogP contribution in [0.15, 0.2) is 40.8 Å². The number of carbonyl (C=O) groups excluding carboxylic acids is 1. The number of benzene rings is 2. The first kappa shape index (κ1) is 19.4. The molecule has 28 heavy (non-hydrogen) atoms. The molecule has 0 bridgehead atoms. The van der Waals surface area contributed by atoms with Gasteiger partial charge in [0.15, 0.2) is 11.5 Å². The summed E-state index contributed by atoms with van der Waals surface area (Å²) >= 11 is 0. The lowest BCUT2D eigenvalue weighted by Gasteiger charge is -2.11. The fourth-order valence-electron chi connectivity index (χ4n) is 2.72. The Morgan fingerprint density at radius 2 is 1.75 bits per heavy atom. The molecule has 2 aromatic carbocycles. The molecule has 1 heterocycles. The molecule has 1 N–H and O–H groups in total. The topological polar surface area (TPSA) is 86.5 Å². The monoisotopic (exact) mass is 381 g/mol. The van der Waals surface area contributed by atoms with Crippen LogP contribution in [0.25, 0.3) is 11.5 Å². The van der Waals surface area contributed by atoms with Crippen molar-refractivity contribution in [3.05, 3.63) is 53.1 Å². The molecule has 0 spiro atoms. The maximum Gasteiger partial charge on any atom is 0.322 e. The van der Waals surface area contributed by atoms with Gasteiger partial charge >= 0.3 is 6.01 Å². The smallest absolute Gasteiger partial charge is 0.322 e. The van der Waals surface area contributed by atoms with Crippen molar-refractivity contribution in [1.82, 2.24) is 10.2 Å². The molecule has 0 aliphatic heterocycles. The first-order chi connectivity index (χ1) is 13.5. The van der Waals surface area contributed by atoms with Gasteiger partial charge in [0.25, 0.3) is 5.91 Å². The van der Waals surface area contributed by atoms with Crippen molar-refractivity contribution < 1.29 is 18.7 Å². The highest BCUT2D eigenvalue weighted by atomic mass is 16.5. The summed E-state index contributed by atoms with van der Waals surface area (Å²) in [6.45, 7) is 8.66. The standard InChI is InChI=1S/C21H23N3O4/c1-5-26-17-10-9-15(12-18(17)27-6-2)20-23-24-21(28-20)22-19(25)16-11-13(3)7-8-14(16)4/h7-12H,5-6H2,1-4H3,(H,22,24,25). The molecule has 1 aromatic heterocycles. The van der Waals surface area contributed by atoms with Crippen LogP contribution in [0, 0.1) is 13.8 Å². The molecule has 7 heteroatoms. The Morgan fingerprint density at radius 3 is 2.50 bits per heavy atom. The van der Waals surface area contributed by atoms with E-state index in [0.29, 0.717) is 35.8 Å². The van der Waals surface area contributed by atoms with Gasteiger partial charge in [0.1, 0.15) is 0 Å². The highest BCUT2D eigenvalue weighted by molar-refractivity contribution is 6.04. The molecule has 7 nitrogen and oxygen atoms in total. The number of nitrogens with zero attached hydrogens (tertiary/aromatic N) is 2. The Balaban J connectivity index is 1.81. The van der Waals surface area contributed by atoms with E-state index >= 15 is 0 Å².